The molecule has 0 aliphatic carbocycles. The van der Waals surface area contributed by atoms with Crippen LogP contribution < -0.4 is 0 Å². The molecule has 0 atom stereocenters. The number of aromatic hydroxyl groups is 1. The molecule has 156 valence electrons. The van der Waals surface area contributed by atoms with Gasteiger partial charge >= 0.3 is 0 Å². The zero-order valence-electron chi connectivity index (χ0n) is 19.0. The van der Waals surface area contributed by atoms with Crippen LogP contribution in [0.2, 0.25) is 0 Å². The number of phenols is 1. The topological polar surface area (TPSA) is 61.8 Å². The molecular weight excluding hydrogens is 370 g/mol. The van der Waals surface area contributed by atoms with Crippen LogP contribution in [0.15, 0.2) is 36.4 Å². The molecular formula is C26H31N3O. The average molecular weight is 402 g/mol. The van der Waals surface area contributed by atoms with Crippen LogP contribution in [0.5, 0.6) is 5.75 Å². The zero-order valence-corrected chi connectivity index (χ0v) is 19.0. The molecule has 0 radical (unpaired) electrons. The number of benzene rings is 2. The molecule has 3 rings (SSSR count). The minimum atomic E-state index is -0.207. The van der Waals surface area contributed by atoms with Crippen LogP contribution in [0.25, 0.3) is 22.7 Å². The van der Waals surface area contributed by atoms with E-state index in [4.69, 9.17) is 4.98 Å². The summed E-state index contributed by atoms with van der Waals surface area (Å²) in [6.45, 7) is 12.6. The van der Waals surface area contributed by atoms with Crippen molar-refractivity contribution in [1.82, 2.24) is 9.55 Å². The summed E-state index contributed by atoms with van der Waals surface area (Å²) >= 11 is 0. The molecule has 1 N–H and O–H groups in total. The minimum absolute atomic E-state index is 0.207. The van der Waals surface area contributed by atoms with E-state index in [1.165, 1.54) is 0 Å². The maximum absolute atomic E-state index is 11.0. The van der Waals surface area contributed by atoms with Gasteiger partial charge in [-0.05, 0) is 46.7 Å². The Morgan fingerprint density at radius 2 is 1.63 bits per heavy atom. The minimum Gasteiger partial charge on any atom is -0.507 e. The SMILES string of the molecule is Cn1c(C(=Cc2cc(C(C)(C)C)c(O)c(C(C)(C)C)c2)CC#N)nc2ccccc21. The first-order chi connectivity index (χ1) is 13.9. The Morgan fingerprint density at radius 3 is 2.13 bits per heavy atom. The van der Waals surface area contributed by atoms with Crippen LogP contribution >= 0.6 is 0 Å². The molecule has 1 aromatic heterocycles. The number of rotatable bonds is 3. The van der Waals surface area contributed by atoms with Crippen LogP contribution in [0, 0.1) is 11.3 Å². The molecule has 2 aromatic carbocycles. The zero-order chi connectivity index (χ0) is 22.3. The lowest BCUT2D eigenvalue weighted by molar-refractivity contribution is 0.423. The summed E-state index contributed by atoms with van der Waals surface area (Å²) in [6, 6.07) is 14.3. The Bertz CT molecular complexity index is 1130. The van der Waals surface area contributed by atoms with Gasteiger partial charge in [0.2, 0.25) is 0 Å². The second kappa shape index (κ2) is 7.65. The van der Waals surface area contributed by atoms with Gasteiger partial charge in [0.25, 0.3) is 0 Å². The quantitative estimate of drug-likeness (QED) is 0.558. The maximum atomic E-state index is 11.0. The highest BCUT2D eigenvalue weighted by atomic mass is 16.3. The number of aryl methyl sites for hydroxylation is 1. The van der Waals surface area contributed by atoms with E-state index in [0.717, 1.165) is 39.1 Å². The van der Waals surface area contributed by atoms with Gasteiger partial charge in [0.1, 0.15) is 11.6 Å². The number of fused-ring (bicyclic) bond motifs is 1. The van der Waals surface area contributed by atoms with E-state index in [1.807, 2.05) is 54.1 Å². The van der Waals surface area contributed by atoms with Gasteiger partial charge in [-0.3, -0.25) is 0 Å². The largest absolute Gasteiger partial charge is 0.507 e. The molecule has 1 heterocycles. The van der Waals surface area contributed by atoms with Gasteiger partial charge in [-0.15, -0.1) is 0 Å². The highest BCUT2D eigenvalue weighted by Gasteiger charge is 2.26. The molecule has 0 aliphatic heterocycles. The normalized spacial score (nSPS) is 12.9. The van der Waals surface area contributed by atoms with Gasteiger partial charge in [-0.25, -0.2) is 4.98 Å². The number of para-hydroxylation sites is 2. The fourth-order valence-electron chi connectivity index (χ4n) is 3.80. The molecule has 0 spiro atoms. The smallest absolute Gasteiger partial charge is 0.137 e. The molecule has 4 nitrogen and oxygen atoms in total. The fourth-order valence-corrected chi connectivity index (χ4v) is 3.80. The molecule has 0 aliphatic rings. The molecule has 0 amide bonds. The van der Waals surface area contributed by atoms with Gasteiger partial charge < -0.3 is 9.67 Å². The predicted octanol–water partition coefficient (Wildman–Crippen LogP) is 6.33. The lowest BCUT2D eigenvalue weighted by Gasteiger charge is -2.28. The standard InChI is InChI=1S/C26H31N3O/c1-25(2,3)19-15-17(16-20(23(19)30)26(4,5)6)14-18(12-13-27)24-28-21-10-8-9-11-22(21)29(24)7/h8-11,14-16,30H,12H2,1-7H3. The predicted molar refractivity (Wildman–Crippen MR) is 124 cm³/mol. The van der Waals surface area contributed by atoms with Crippen molar-refractivity contribution in [2.45, 2.75) is 58.8 Å². The van der Waals surface area contributed by atoms with E-state index in [2.05, 4.69) is 47.6 Å². The number of hydrogen-bond acceptors (Lipinski definition) is 3. The highest BCUT2D eigenvalue weighted by Crippen LogP contribution is 2.40. The molecule has 0 saturated carbocycles. The van der Waals surface area contributed by atoms with Gasteiger partial charge in [0.05, 0.1) is 23.5 Å². The van der Waals surface area contributed by atoms with Crippen LogP contribution in [0.1, 0.15) is 70.5 Å². The number of hydrogen-bond donors (Lipinski definition) is 1. The van der Waals surface area contributed by atoms with Crippen LogP contribution in [0.3, 0.4) is 0 Å². The molecule has 0 saturated heterocycles. The maximum Gasteiger partial charge on any atom is 0.137 e. The number of imidazole rings is 1. The third-order valence-electron chi connectivity index (χ3n) is 5.43. The lowest BCUT2D eigenvalue weighted by atomic mass is 9.78. The van der Waals surface area contributed by atoms with E-state index >= 15 is 0 Å². The Kier molecular flexibility index (Phi) is 5.52. The number of aromatic nitrogens is 2. The van der Waals surface area contributed by atoms with E-state index in [0.29, 0.717) is 5.75 Å². The van der Waals surface area contributed by atoms with E-state index in [1.54, 1.807) is 0 Å². The summed E-state index contributed by atoms with van der Waals surface area (Å²) in [4.78, 5) is 4.78. The van der Waals surface area contributed by atoms with E-state index < -0.39 is 0 Å². The number of phenolic OH excluding ortho intramolecular Hbond substituents is 1. The first kappa shape index (κ1) is 21.6. The fraction of sp³-hybridized carbons (Fsp3) is 0.385. The number of allylic oxidation sites excluding steroid dienone is 1. The van der Waals surface area contributed by atoms with Crippen LogP contribution in [-0.2, 0) is 17.9 Å². The first-order valence-corrected chi connectivity index (χ1v) is 10.3. The Hall–Kier alpha value is -3.06. The molecule has 0 unspecified atom stereocenters. The summed E-state index contributed by atoms with van der Waals surface area (Å²) in [7, 11) is 1.98. The molecule has 4 heteroatoms. The summed E-state index contributed by atoms with van der Waals surface area (Å²) in [5, 5.41) is 20.5. The Morgan fingerprint density at radius 1 is 1.07 bits per heavy atom. The van der Waals surface area contributed by atoms with Crippen molar-refractivity contribution in [2.75, 3.05) is 0 Å². The molecule has 3 aromatic rings. The average Bonchev–Trinajstić information content (AvgIpc) is 2.98. The van der Waals surface area contributed by atoms with Gasteiger partial charge in [0.15, 0.2) is 0 Å². The third-order valence-corrected chi connectivity index (χ3v) is 5.43. The first-order valence-electron chi connectivity index (χ1n) is 10.3. The van der Waals surface area contributed by atoms with Crippen molar-refractivity contribution in [3.8, 4) is 11.8 Å². The molecule has 30 heavy (non-hydrogen) atoms. The van der Waals surface area contributed by atoms with Crippen LogP contribution in [-0.4, -0.2) is 14.7 Å². The van der Waals surface area contributed by atoms with E-state index in [9.17, 15) is 10.4 Å². The van der Waals surface area contributed by atoms with Gasteiger partial charge in [-0.2, -0.15) is 5.26 Å². The summed E-state index contributed by atoms with van der Waals surface area (Å²) in [6.07, 6.45) is 2.29. The Balaban J connectivity index is 2.26. The second-order valence-corrected chi connectivity index (χ2v) is 9.95. The lowest BCUT2D eigenvalue weighted by Crippen LogP contribution is -2.17. The monoisotopic (exact) mass is 401 g/mol. The van der Waals surface area contributed by atoms with Gasteiger partial charge in [0, 0.05) is 23.7 Å². The summed E-state index contributed by atoms with van der Waals surface area (Å²) in [5.74, 6) is 1.15. The van der Waals surface area contributed by atoms with E-state index in [-0.39, 0.29) is 17.3 Å². The highest BCUT2D eigenvalue weighted by molar-refractivity contribution is 5.86. The third kappa shape index (κ3) is 4.11. The van der Waals surface area contributed by atoms with Gasteiger partial charge in [-0.1, -0.05) is 53.7 Å². The molecule has 0 bridgehead atoms. The molecule has 0 fully saturated rings. The van der Waals surface area contributed by atoms with Crippen molar-refractivity contribution in [3.63, 3.8) is 0 Å². The van der Waals surface area contributed by atoms with Crippen molar-refractivity contribution < 1.29 is 5.11 Å². The number of nitrogens with zero attached hydrogens (tertiary/aromatic N) is 3. The summed E-state index contributed by atoms with van der Waals surface area (Å²) < 4.78 is 2.04. The van der Waals surface area contributed by atoms with Crippen molar-refractivity contribution in [2.24, 2.45) is 7.05 Å². The van der Waals surface area contributed by atoms with Crippen LogP contribution in [0.4, 0.5) is 0 Å². The Labute approximate surface area is 179 Å². The second-order valence-electron chi connectivity index (χ2n) is 9.95. The van der Waals surface area contributed by atoms with Crippen molar-refractivity contribution in [3.05, 3.63) is 58.9 Å². The number of nitriles is 1. The summed E-state index contributed by atoms with van der Waals surface area (Å²) in [5.41, 5.74) is 5.18. The van der Waals surface area contributed by atoms with Crippen molar-refractivity contribution in [1.29, 1.82) is 5.26 Å². The van der Waals surface area contributed by atoms with Crippen molar-refractivity contribution >= 4 is 22.7 Å².